The first-order valence-corrected chi connectivity index (χ1v) is 8.89. The second kappa shape index (κ2) is 7.44. The zero-order chi connectivity index (χ0) is 15.6. The van der Waals surface area contributed by atoms with Gasteiger partial charge in [-0.3, -0.25) is 4.79 Å². The lowest BCUT2D eigenvalue weighted by Crippen LogP contribution is -2.46. The molecule has 124 valence electrons. The molecule has 1 aliphatic rings. The van der Waals surface area contributed by atoms with Gasteiger partial charge in [0.15, 0.2) is 9.84 Å². The maximum absolute atomic E-state index is 12.2. The van der Waals surface area contributed by atoms with Crippen molar-refractivity contribution < 1.29 is 13.2 Å². The molecule has 0 aliphatic carbocycles. The number of carbonyl (C=O) groups is 1. The number of sulfone groups is 1. The minimum atomic E-state index is -3.23. The van der Waals surface area contributed by atoms with E-state index >= 15 is 0 Å². The number of fused-ring (bicyclic) bond motifs is 1. The molecule has 1 aromatic carbocycles. The van der Waals surface area contributed by atoms with Crippen LogP contribution in [0.1, 0.15) is 38.3 Å². The van der Waals surface area contributed by atoms with E-state index < -0.39 is 15.9 Å². The minimum Gasteiger partial charge on any atom is -0.348 e. The summed E-state index contributed by atoms with van der Waals surface area (Å²) in [7, 11) is -3.23. The van der Waals surface area contributed by atoms with Crippen LogP contribution in [0.3, 0.4) is 0 Å². The molecule has 2 rings (SSSR count). The predicted molar refractivity (Wildman–Crippen MR) is 88.7 cm³/mol. The van der Waals surface area contributed by atoms with E-state index in [4.69, 9.17) is 5.73 Å². The first-order valence-electron chi connectivity index (χ1n) is 7.24. The number of hydrogen-bond acceptors (Lipinski definition) is 4. The Morgan fingerprint density at radius 1 is 1.41 bits per heavy atom. The fourth-order valence-corrected chi connectivity index (χ4v) is 4.14. The molecular formula is C15H23ClN2O3S. The van der Waals surface area contributed by atoms with Gasteiger partial charge < -0.3 is 11.1 Å². The average Bonchev–Trinajstić information content (AvgIpc) is 2.48. The van der Waals surface area contributed by atoms with Gasteiger partial charge in [0.05, 0.1) is 22.7 Å². The Bertz CT molecular complexity index is 633. The third kappa shape index (κ3) is 3.80. The molecule has 0 saturated carbocycles. The zero-order valence-electron chi connectivity index (χ0n) is 12.8. The topological polar surface area (TPSA) is 89.3 Å². The molecule has 0 aromatic heterocycles. The lowest BCUT2D eigenvalue weighted by Gasteiger charge is -2.28. The number of carbonyl (C=O) groups excluding carboxylic acids is 1. The van der Waals surface area contributed by atoms with Crippen LogP contribution in [-0.2, 0) is 14.6 Å². The van der Waals surface area contributed by atoms with Crippen LogP contribution in [0.15, 0.2) is 29.2 Å². The summed E-state index contributed by atoms with van der Waals surface area (Å²) in [6.45, 7) is 3.92. The third-order valence-electron chi connectivity index (χ3n) is 4.18. The van der Waals surface area contributed by atoms with Crippen molar-refractivity contribution in [2.75, 3.05) is 5.75 Å². The standard InChI is InChI=1S/C15H22N2O3S.ClH/c1-3-10(2)14(16)15(18)17-12-8-9-21(19,20)13-7-5-4-6-11(12)13;/h4-7,10,12,14H,3,8-9,16H2,1-2H3,(H,17,18);1H. The van der Waals surface area contributed by atoms with Crippen molar-refractivity contribution >= 4 is 28.2 Å². The van der Waals surface area contributed by atoms with Crippen molar-refractivity contribution in [3.05, 3.63) is 29.8 Å². The lowest BCUT2D eigenvalue weighted by atomic mass is 9.97. The Hall–Kier alpha value is -1.11. The quantitative estimate of drug-likeness (QED) is 0.870. The molecule has 5 nitrogen and oxygen atoms in total. The van der Waals surface area contributed by atoms with Gasteiger partial charge in [0.2, 0.25) is 5.91 Å². The number of benzene rings is 1. The van der Waals surface area contributed by atoms with Gasteiger partial charge in [0.25, 0.3) is 0 Å². The number of hydrogen-bond donors (Lipinski definition) is 2. The molecule has 0 radical (unpaired) electrons. The zero-order valence-corrected chi connectivity index (χ0v) is 14.4. The molecule has 0 spiro atoms. The summed E-state index contributed by atoms with van der Waals surface area (Å²) in [5, 5.41) is 2.90. The largest absolute Gasteiger partial charge is 0.348 e. The molecule has 1 amide bonds. The minimum absolute atomic E-state index is 0. The van der Waals surface area contributed by atoms with Crippen LogP contribution in [0.4, 0.5) is 0 Å². The van der Waals surface area contributed by atoms with E-state index in [1.54, 1.807) is 24.3 Å². The van der Waals surface area contributed by atoms with E-state index in [0.29, 0.717) is 16.9 Å². The van der Waals surface area contributed by atoms with Gasteiger partial charge in [0, 0.05) is 0 Å². The van der Waals surface area contributed by atoms with E-state index in [1.807, 2.05) is 13.8 Å². The van der Waals surface area contributed by atoms with Crippen LogP contribution in [0.2, 0.25) is 0 Å². The van der Waals surface area contributed by atoms with Gasteiger partial charge in [-0.25, -0.2) is 8.42 Å². The van der Waals surface area contributed by atoms with E-state index in [2.05, 4.69) is 5.32 Å². The highest BCUT2D eigenvalue weighted by Crippen LogP contribution is 2.31. The number of halogens is 1. The summed E-state index contributed by atoms with van der Waals surface area (Å²) in [5.74, 6) is -0.0796. The molecule has 0 saturated heterocycles. The molecule has 7 heteroatoms. The molecule has 1 heterocycles. The van der Waals surface area contributed by atoms with Gasteiger partial charge in [-0.15, -0.1) is 12.4 Å². The fraction of sp³-hybridized carbons (Fsp3) is 0.533. The summed E-state index contributed by atoms with van der Waals surface area (Å²) in [4.78, 5) is 12.5. The smallest absolute Gasteiger partial charge is 0.237 e. The van der Waals surface area contributed by atoms with Crippen LogP contribution in [0.25, 0.3) is 0 Å². The van der Waals surface area contributed by atoms with Crippen LogP contribution in [-0.4, -0.2) is 26.1 Å². The van der Waals surface area contributed by atoms with E-state index in [1.165, 1.54) is 0 Å². The molecule has 0 fully saturated rings. The summed E-state index contributed by atoms with van der Waals surface area (Å²) in [6.07, 6.45) is 1.21. The Kier molecular flexibility index (Phi) is 6.40. The highest BCUT2D eigenvalue weighted by Gasteiger charge is 2.32. The molecule has 3 atom stereocenters. The molecule has 1 aliphatic heterocycles. The van der Waals surface area contributed by atoms with Crippen molar-refractivity contribution in [1.82, 2.24) is 5.32 Å². The van der Waals surface area contributed by atoms with E-state index in [0.717, 1.165) is 6.42 Å². The van der Waals surface area contributed by atoms with Gasteiger partial charge >= 0.3 is 0 Å². The van der Waals surface area contributed by atoms with Crippen molar-refractivity contribution in [1.29, 1.82) is 0 Å². The summed E-state index contributed by atoms with van der Waals surface area (Å²) in [6, 6.07) is 5.98. The monoisotopic (exact) mass is 346 g/mol. The molecule has 3 N–H and O–H groups in total. The van der Waals surface area contributed by atoms with Crippen LogP contribution >= 0.6 is 12.4 Å². The van der Waals surface area contributed by atoms with Gasteiger partial charge in [-0.1, -0.05) is 38.5 Å². The second-order valence-electron chi connectivity index (χ2n) is 5.62. The van der Waals surface area contributed by atoms with Crippen LogP contribution in [0, 0.1) is 5.92 Å². The predicted octanol–water partition coefficient (Wildman–Crippen LogP) is 1.82. The summed E-state index contributed by atoms with van der Waals surface area (Å²) in [5.41, 5.74) is 6.59. The Labute approximate surface area is 138 Å². The Balaban J connectivity index is 0.00000242. The SMILES string of the molecule is CCC(C)C(N)C(=O)NC1CCS(=O)(=O)c2ccccc21.Cl. The van der Waals surface area contributed by atoms with Crippen molar-refractivity contribution in [3.63, 3.8) is 0 Å². The molecular weight excluding hydrogens is 324 g/mol. The first-order chi connectivity index (χ1) is 9.86. The molecule has 3 unspecified atom stereocenters. The van der Waals surface area contributed by atoms with Crippen LogP contribution < -0.4 is 11.1 Å². The summed E-state index contributed by atoms with van der Waals surface area (Å²) < 4.78 is 24.1. The highest BCUT2D eigenvalue weighted by molar-refractivity contribution is 7.91. The maximum Gasteiger partial charge on any atom is 0.237 e. The van der Waals surface area contributed by atoms with Crippen molar-refractivity contribution in [3.8, 4) is 0 Å². The third-order valence-corrected chi connectivity index (χ3v) is 6.00. The van der Waals surface area contributed by atoms with Gasteiger partial charge in [-0.05, 0) is 24.0 Å². The molecule has 0 bridgehead atoms. The number of nitrogens with two attached hydrogens (primary N) is 1. The van der Waals surface area contributed by atoms with E-state index in [9.17, 15) is 13.2 Å². The first kappa shape index (κ1) is 18.9. The highest BCUT2D eigenvalue weighted by atomic mass is 35.5. The fourth-order valence-electron chi connectivity index (χ4n) is 2.52. The number of rotatable bonds is 4. The van der Waals surface area contributed by atoms with E-state index in [-0.39, 0.29) is 36.0 Å². The molecule has 1 aromatic rings. The maximum atomic E-state index is 12.2. The summed E-state index contributed by atoms with van der Waals surface area (Å²) >= 11 is 0. The lowest BCUT2D eigenvalue weighted by molar-refractivity contribution is -0.124. The Morgan fingerprint density at radius 3 is 2.68 bits per heavy atom. The number of nitrogens with one attached hydrogen (secondary N) is 1. The number of amides is 1. The van der Waals surface area contributed by atoms with Gasteiger partial charge in [0.1, 0.15) is 0 Å². The molecule has 22 heavy (non-hydrogen) atoms. The van der Waals surface area contributed by atoms with Crippen molar-refractivity contribution in [2.24, 2.45) is 11.7 Å². The van der Waals surface area contributed by atoms with Gasteiger partial charge in [-0.2, -0.15) is 0 Å². The average molecular weight is 347 g/mol. The van der Waals surface area contributed by atoms with Crippen LogP contribution in [0.5, 0.6) is 0 Å². The second-order valence-corrected chi connectivity index (χ2v) is 7.70. The van der Waals surface area contributed by atoms with Crippen molar-refractivity contribution in [2.45, 2.75) is 43.7 Å². The Morgan fingerprint density at radius 2 is 2.05 bits per heavy atom. The normalized spacial score (nSPS) is 21.9.